The van der Waals surface area contributed by atoms with Crippen LogP contribution >= 0.6 is 0 Å². The molecule has 0 spiro atoms. The number of hydrogen-bond acceptors (Lipinski definition) is 3. The van der Waals surface area contributed by atoms with Crippen LogP contribution in [0.4, 0.5) is 0 Å². The Balaban J connectivity index is 0. The molecule has 0 aromatic heterocycles. The van der Waals surface area contributed by atoms with Crippen molar-refractivity contribution in [2.45, 2.75) is 46.3 Å². The topological polar surface area (TPSA) is 49.7 Å². The molecule has 0 heterocycles. The van der Waals surface area contributed by atoms with E-state index in [1.54, 1.807) is 0 Å². The third kappa shape index (κ3) is 16.5. The smallest absolute Gasteiger partial charge is 0.154 e. The second-order valence-electron chi connectivity index (χ2n) is 2.40. The molecule has 1 unspecified atom stereocenters. The Kier molecular flexibility index (Phi) is 16.2. The Morgan fingerprint density at radius 1 is 1.25 bits per heavy atom. The standard InChI is InChI=1S/C5H12O2.C4H10O/c1-3-5(6)7-4-2;1-2-3-4-5/h5-6H,3-4H2,1-2H3;5H,2-4H2,1H3. The number of ether oxygens (including phenoxy) is 1. The van der Waals surface area contributed by atoms with Gasteiger partial charge in [0.2, 0.25) is 0 Å². The van der Waals surface area contributed by atoms with E-state index >= 15 is 0 Å². The molecule has 3 nitrogen and oxygen atoms in total. The molecule has 0 rings (SSSR count). The van der Waals surface area contributed by atoms with Crippen LogP contribution in [-0.4, -0.2) is 29.7 Å². The van der Waals surface area contributed by atoms with Crippen LogP contribution in [0.2, 0.25) is 0 Å². The van der Waals surface area contributed by atoms with Crippen LogP contribution in [0.15, 0.2) is 0 Å². The van der Waals surface area contributed by atoms with Gasteiger partial charge < -0.3 is 14.9 Å². The van der Waals surface area contributed by atoms with Crippen LogP contribution in [0.5, 0.6) is 0 Å². The van der Waals surface area contributed by atoms with Crippen LogP contribution < -0.4 is 0 Å². The summed E-state index contributed by atoms with van der Waals surface area (Å²) in [5.41, 5.74) is 0. The van der Waals surface area contributed by atoms with Gasteiger partial charge in [0.15, 0.2) is 6.29 Å². The van der Waals surface area contributed by atoms with Gasteiger partial charge in [0.25, 0.3) is 0 Å². The second kappa shape index (κ2) is 13.5. The maximum Gasteiger partial charge on any atom is 0.154 e. The maximum absolute atomic E-state index is 8.64. The van der Waals surface area contributed by atoms with Crippen molar-refractivity contribution in [2.24, 2.45) is 0 Å². The fraction of sp³-hybridized carbons (Fsp3) is 1.00. The summed E-state index contributed by atoms with van der Waals surface area (Å²) in [4.78, 5) is 0. The summed E-state index contributed by atoms with van der Waals surface area (Å²) in [7, 11) is 0. The van der Waals surface area contributed by atoms with Gasteiger partial charge in [-0.15, -0.1) is 0 Å². The molecule has 3 heteroatoms. The van der Waals surface area contributed by atoms with Crippen molar-refractivity contribution in [1.82, 2.24) is 0 Å². The van der Waals surface area contributed by atoms with Gasteiger partial charge in [-0.1, -0.05) is 20.3 Å². The molecule has 0 fully saturated rings. The zero-order chi connectivity index (χ0) is 9.82. The summed E-state index contributed by atoms with van der Waals surface area (Å²) >= 11 is 0. The molecule has 0 radical (unpaired) electrons. The first-order chi connectivity index (χ1) is 5.72. The first-order valence-corrected chi connectivity index (χ1v) is 4.63. The highest BCUT2D eigenvalue weighted by molar-refractivity contribution is 4.29. The Labute approximate surface area is 75.4 Å². The molecule has 0 aliphatic heterocycles. The van der Waals surface area contributed by atoms with E-state index in [1.165, 1.54) is 0 Å². The fourth-order valence-electron chi connectivity index (χ4n) is 0.468. The average Bonchev–Trinajstić information content (AvgIpc) is 2.07. The van der Waals surface area contributed by atoms with Gasteiger partial charge in [0.1, 0.15) is 0 Å². The maximum atomic E-state index is 8.64. The van der Waals surface area contributed by atoms with Gasteiger partial charge in [0.05, 0.1) is 0 Å². The first-order valence-electron chi connectivity index (χ1n) is 4.63. The molecule has 0 aliphatic carbocycles. The Morgan fingerprint density at radius 2 is 1.83 bits per heavy atom. The minimum Gasteiger partial charge on any atom is -0.396 e. The molecule has 0 aliphatic rings. The number of hydrogen-bond donors (Lipinski definition) is 2. The van der Waals surface area contributed by atoms with E-state index in [9.17, 15) is 0 Å². The summed E-state index contributed by atoms with van der Waals surface area (Å²) in [6.07, 6.45) is 2.16. The molecular formula is C9H22O3. The Bertz CT molecular complexity index is 64.8. The van der Waals surface area contributed by atoms with E-state index in [0.717, 1.165) is 12.8 Å². The van der Waals surface area contributed by atoms with Crippen molar-refractivity contribution in [1.29, 1.82) is 0 Å². The van der Waals surface area contributed by atoms with Gasteiger partial charge in [-0.25, -0.2) is 0 Å². The minimum atomic E-state index is -0.551. The van der Waals surface area contributed by atoms with Crippen molar-refractivity contribution in [2.75, 3.05) is 13.2 Å². The van der Waals surface area contributed by atoms with E-state index < -0.39 is 6.29 Å². The highest BCUT2D eigenvalue weighted by atomic mass is 16.6. The van der Waals surface area contributed by atoms with E-state index in [4.69, 9.17) is 14.9 Å². The van der Waals surface area contributed by atoms with Crippen LogP contribution in [-0.2, 0) is 4.74 Å². The number of rotatable bonds is 5. The molecule has 0 aromatic carbocycles. The van der Waals surface area contributed by atoms with Crippen molar-refractivity contribution in [3.63, 3.8) is 0 Å². The molecule has 1 atom stereocenters. The molecule has 0 bridgehead atoms. The van der Waals surface area contributed by atoms with E-state index in [1.807, 2.05) is 13.8 Å². The lowest BCUT2D eigenvalue weighted by molar-refractivity contribution is -0.0953. The molecular weight excluding hydrogens is 156 g/mol. The number of unbranched alkanes of at least 4 members (excludes halogenated alkanes) is 1. The molecule has 0 saturated carbocycles. The summed E-state index contributed by atoms with van der Waals surface area (Å²) in [5.74, 6) is 0. The lowest BCUT2D eigenvalue weighted by Crippen LogP contribution is -2.08. The van der Waals surface area contributed by atoms with E-state index in [-0.39, 0.29) is 0 Å². The molecule has 0 amide bonds. The number of aliphatic hydroxyl groups is 2. The van der Waals surface area contributed by atoms with Gasteiger partial charge in [0, 0.05) is 13.2 Å². The zero-order valence-corrected chi connectivity index (χ0v) is 8.42. The normalized spacial score (nSPS) is 11.8. The predicted octanol–water partition coefficient (Wildman–Crippen LogP) is 1.53. The fourth-order valence-corrected chi connectivity index (χ4v) is 0.468. The Hall–Kier alpha value is -0.120. The van der Waals surface area contributed by atoms with E-state index in [0.29, 0.717) is 19.6 Å². The van der Waals surface area contributed by atoms with Crippen molar-refractivity contribution in [3.8, 4) is 0 Å². The van der Waals surface area contributed by atoms with Gasteiger partial charge in [-0.3, -0.25) is 0 Å². The van der Waals surface area contributed by atoms with Crippen molar-refractivity contribution in [3.05, 3.63) is 0 Å². The van der Waals surface area contributed by atoms with Crippen LogP contribution in [0, 0.1) is 0 Å². The van der Waals surface area contributed by atoms with E-state index in [2.05, 4.69) is 6.92 Å². The van der Waals surface area contributed by atoms with Crippen molar-refractivity contribution >= 4 is 0 Å². The second-order valence-corrected chi connectivity index (χ2v) is 2.40. The molecule has 2 N–H and O–H groups in total. The summed E-state index contributed by atoms with van der Waals surface area (Å²) in [5, 5.41) is 16.7. The third-order valence-electron chi connectivity index (χ3n) is 1.22. The molecule has 0 saturated heterocycles. The number of aliphatic hydroxyl groups excluding tert-OH is 2. The minimum absolute atomic E-state index is 0.344. The quantitative estimate of drug-likeness (QED) is 0.628. The highest BCUT2D eigenvalue weighted by Gasteiger charge is 1.93. The van der Waals surface area contributed by atoms with Crippen molar-refractivity contribution < 1.29 is 14.9 Å². The predicted molar refractivity (Wildman–Crippen MR) is 49.9 cm³/mol. The molecule has 0 aromatic rings. The van der Waals surface area contributed by atoms with Crippen LogP contribution in [0.1, 0.15) is 40.0 Å². The average molecular weight is 178 g/mol. The zero-order valence-electron chi connectivity index (χ0n) is 8.42. The first kappa shape index (κ1) is 14.4. The Morgan fingerprint density at radius 3 is 1.92 bits per heavy atom. The molecule has 76 valence electrons. The third-order valence-corrected chi connectivity index (χ3v) is 1.22. The largest absolute Gasteiger partial charge is 0.396 e. The lowest BCUT2D eigenvalue weighted by Gasteiger charge is -2.04. The SMILES string of the molecule is CCCCO.CCOC(O)CC. The van der Waals surface area contributed by atoms with Crippen LogP contribution in [0.3, 0.4) is 0 Å². The van der Waals surface area contributed by atoms with Gasteiger partial charge in [-0.2, -0.15) is 0 Å². The summed E-state index contributed by atoms with van der Waals surface area (Å²) in [6.45, 7) is 6.72. The lowest BCUT2D eigenvalue weighted by atomic mass is 10.4. The molecule has 12 heavy (non-hydrogen) atoms. The summed E-state index contributed by atoms with van der Waals surface area (Å²) in [6, 6.07) is 0. The summed E-state index contributed by atoms with van der Waals surface area (Å²) < 4.78 is 4.75. The monoisotopic (exact) mass is 178 g/mol. The highest BCUT2D eigenvalue weighted by Crippen LogP contribution is 1.89. The van der Waals surface area contributed by atoms with Crippen LogP contribution in [0.25, 0.3) is 0 Å². The van der Waals surface area contributed by atoms with Gasteiger partial charge >= 0.3 is 0 Å². The van der Waals surface area contributed by atoms with Gasteiger partial charge in [-0.05, 0) is 19.8 Å².